The Morgan fingerprint density at radius 2 is 1.97 bits per heavy atom. The fourth-order valence-electron chi connectivity index (χ4n) is 4.59. The number of aryl methyl sites for hydroxylation is 2. The lowest BCUT2D eigenvalue weighted by atomic mass is 9.85. The number of hydrogen-bond acceptors (Lipinski definition) is 5. The summed E-state index contributed by atoms with van der Waals surface area (Å²) in [5, 5.41) is 3.59. The molecule has 1 atom stereocenters. The molecule has 1 aromatic heterocycles. The number of carbonyl (C=O) groups is 3. The standard InChI is InChI=1S/C24H28N4O3S/c1-14-6-7-18(10-15(14)2)28-12-17(11-21(28)29)23(31)27-9-8-19-20(13-27)32-24(25-19)26-22(30)16-4-3-5-16/h6-7,10,16-17H,3-5,8-9,11-13H2,1-2H3,(H,25,26,30). The Balaban J connectivity index is 1.23. The van der Waals surface area contributed by atoms with E-state index >= 15 is 0 Å². The van der Waals surface area contributed by atoms with Gasteiger partial charge in [-0.1, -0.05) is 23.8 Å². The number of benzene rings is 1. The number of nitrogens with one attached hydrogen (secondary N) is 1. The van der Waals surface area contributed by atoms with E-state index in [0.29, 0.717) is 31.2 Å². The first-order chi connectivity index (χ1) is 15.4. The largest absolute Gasteiger partial charge is 0.337 e. The molecule has 7 nitrogen and oxygen atoms in total. The lowest BCUT2D eigenvalue weighted by molar-refractivity contribution is -0.136. The number of carbonyl (C=O) groups excluding carboxylic acids is 3. The average molecular weight is 453 g/mol. The summed E-state index contributed by atoms with van der Waals surface area (Å²) in [6.07, 6.45) is 3.96. The zero-order valence-corrected chi connectivity index (χ0v) is 19.3. The monoisotopic (exact) mass is 452 g/mol. The van der Waals surface area contributed by atoms with Crippen LogP contribution in [0, 0.1) is 25.7 Å². The van der Waals surface area contributed by atoms with Crippen molar-refractivity contribution in [2.75, 3.05) is 23.3 Å². The molecule has 0 spiro atoms. The van der Waals surface area contributed by atoms with Crippen molar-refractivity contribution in [3.05, 3.63) is 39.9 Å². The molecule has 1 aliphatic carbocycles. The van der Waals surface area contributed by atoms with E-state index in [2.05, 4.69) is 10.3 Å². The van der Waals surface area contributed by atoms with Gasteiger partial charge in [0.05, 0.1) is 18.2 Å². The van der Waals surface area contributed by atoms with Crippen molar-refractivity contribution in [2.24, 2.45) is 11.8 Å². The molecule has 1 saturated heterocycles. The van der Waals surface area contributed by atoms with Crippen LogP contribution in [-0.2, 0) is 27.3 Å². The second-order valence-electron chi connectivity index (χ2n) is 9.19. The number of rotatable bonds is 4. The van der Waals surface area contributed by atoms with Gasteiger partial charge in [-0.25, -0.2) is 4.98 Å². The van der Waals surface area contributed by atoms with Crippen molar-refractivity contribution in [2.45, 2.75) is 52.5 Å². The summed E-state index contributed by atoms with van der Waals surface area (Å²) in [7, 11) is 0. The molecule has 1 unspecified atom stereocenters. The van der Waals surface area contributed by atoms with Crippen LogP contribution in [-0.4, -0.2) is 40.7 Å². The third-order valence-electron chi connectivity index (χ3n) is 7.03. The Hall–Kier alpha value is -2.74. The number of thiazole rings is 1. The Morgan fingerprint density at radius 3 is 2.69 bits per heavy atom. The van der Waals surface area contributed by atoms with Crippen LogP contribution >= 0.6 is 11.3 Å². The van der Waals surface area contributed by atoms with Gasteiger partial charge in [-0.3, -0.25) is 14.4 Å². The zero-order valence-electron chi connectivity index (χ0n) is 18.5. The molecule has 32 heavy (non-hydrogen) atoms. The van der Waals surface area contributed by atoms with Crippen LogP contribution in [0.1, 0.15) is 47.4 Å². The predicted molar refractivity (Wildman–Crippen MR) is 124 cm³/mol. The molecular formula is C24H28N4O3S. The fourth-order valence-corrected chi connectivity index (χ4v) is 5.62. The maximum atomic E-state index is 13.2. The molecular weight excluding hydrogens is 424 g/mol. The van der Waals surface area contributed by atoms with Crippen molar-refractivity contribution >= 4 is 39.9 Å². The second kappa shape index (κ2) is 8.31. The normalized spacial score (nSPS) is 20.8. The maximum absolute atomic E-state index is 13.2. The average Bonchev–Trinajstić information content (AvgIpc) is 3.30. The van der Waals surface area contributed by atoms with Gasteiger partial charge >= 0.3 is 0 Å². The topological polar surface area (TPSA) is 82.6 Å². The SMILES string of the molecule is Cc1ccc(N2CC(C(=O)N3CCc4nc(NC(=O)C5CCC5)sc4C3)CC2=O)cc1C. The minimum Gasteiger partial charge on any atom is -0.337 e. The maximum Gasteiger partial charge on any atom is 0.229 e. The molecule has 1 aromatic carbocycles. The lowest BCUT2D eigenvalue weighted by Gasteiger charge is -2.28. The Kier molecular flexibility index (Phi) is 5.49. The van der Waals surface area contributed by atoms with Gasteiger partial charge < -0.3 is 15.1 Å². The van der Waals surface area contributed by atoms with E-state index in [1.54, 1.807) is 4.90 Å². The highest BCUT2D eigenvalue weighted by Gasteiger charge is 2.38. The molecule has 3 amide bonds. The van der Waals surface area contributed by atoms with Gasteiger partial charge in [0.2, 0.25) is 17.7 Å². The van der Waals surface area contributed by atoms with Gasteiger partial charge in [0.25, 0.3) is 0 Å². The molecule has 3 aliphatic rings. The van der Waals surface area contributed by atoms with Crippen molar-refractivity contribution < 1.29 is 14.4 Å². The molecule has 2 fully saturated rings. The molecule has 2 aliphatic heterocycles. The number of aromatic nitrogens is 1. The van der Waals surface area contributed by atoms with Crippen molar-refractivity contribution in [1.29, 1.82) is 0 Å². The zero-order chi connectivity index (χ0) is 22.4. The van der Waals surface area contributed by atoms with Crippen molar-refractivity contribution in [1.82, 2.24) is 9.88 Å². The number of anilines is 2. The van der Waals surface area contributed by atoms with E-state index in [4.69, 9.17) is 0 Å². The number of fused-ring (bicyclic) bond motifs is 1. The van der Waals surface area contributed by atoms with Crippen LogP contribution in [0.25, 0.3) is 0 Å². The van der Waals surface area contributed by atoms with E-state index in [0.717, 1.165) is 41.1 Å². The minimum absolute atomic E-state index is 0.00286. The van der Waals surface area contributed by atoms with E-state index in [1.807, 2.05) is 36.9 Å². The van der Waals surface area contributed by atoms with Gasteiger partial charge in [-0.05, 0) is 49.9 Å². The highest BCUT2D eigenvalue weighted by molar-refractivity contribution is 7.15. The Morgan fingerprint density at radius 1 is 1.16 bits per heavy atom. The summed E-state index contributed by atoms with van der Waals surface area (Å²) in [4.78, 5) is 47.3. The molecule has 1 N–H and O–H groups in total. The van der Waals surface area contributed by atoms with Gasteiger partial charge in [-0.2, -0.15) is 0 Å². The molecule has 1 saturated carbocycles. The fraction of sp³-hybridized carbons (Fsp3) is 0.500. The van der Waals surface area contributed by atoms with Crippen molar-refractivity contribution in [3.8, 4) is 0 Å². The van der Waals surface area contributed by atoms with E-state index in [1.165, 1.54) is 16.9 Å². The van der Waals surface area contributed by atoms with E-state index in [-0.39, 0.29) is 36.0 Å². The Bertz CT molecular complexity index is 1090. The predicted octanol–water partition coefficient (Wildman–Crippen LogP) is 3.44. The number of hydrogen-bond donors (Lipinski definition) is 1. The summed E-state index contributed by atoms with van der Waals surface area (Å²) < 4.78 is 0. The van der Waals surface area contributed by atoms with Gasteiger partial charge in [0.15, 0.2) is 5.13 Å². The van der Waals surface area contributed by atoms with E-state index < -0.39 is 0 Å². The molecule has 0 bridgehead atoms. The Labute approximate surface area is 191 Å². The van der Waals surface area contributed by atoms with E-state index in [9.17, 15) is 14.4 Å². The molecule has 2 aromatic rings. The molecule has 0 radical (unpaired) electrons. The molecule has 168 valence electrons. The molecule has 5 rings (SSSR count). The third-order valence-corrected chi connectivity index (χ3v) is 8.02. The first-order valence-corrected chi connectivity index (χ1v) is 12.2. The highest BCUT2D eigenvalue weighted by Crippen LogP contribution is 2.33. The minimum atomic E-state index is -0.323. The van der Waals surface area contributed by atoms with Gasteiger partial charge in [0.1, 0.15) is 0 Å². The first-order valence-electron chi connectivity index (χ1n) is 11.3. The van der Waals surface area contributed by atoms with Gasteiger partial charge in [0, 0.05) is 42.4 Å². The van der Waals surface area contributed by atoms with Crippen LogP contribution in [0.5, 0.6) is 0 Å². The summed E-state index contributed by atoms with van der Waals surface area (Å²) >= 11 is 1.47. The summed E-state index contributed by atoms with van der Waals surface area (Å²) in [5.41, 5.74) is 4.16. The van der Waals surface area contributed by atoms with Crippen LogP contribution < -0.4 is 10.2 Å². The molecule has 8 heteroatoms. The highest BCUT2D eigenvalue weighted by atomic mass is 32.1. The van der Waals surface area contributed by atoms with Crippen LogP contribution in [0.15, 0.2) is 18.2 Å². The third kappa shape index (κ3) is 3.92. The van der Waals surface area contributed by atoms with Crippen LogP contribution in [0.3, 0.4) is 0 Å². The summed E-state index contributed by atoms with van der Waals surface area (Å²) in [6.45, 7) is 5.60. The van der Waals surface area contributed by atoms with Gasteiger partial charge in [-0.15, -0.1) is 0 Å². The van der Waals surface area contributed by atoms with Crippen molar-refractivity contribution in [3.63, 3.8) is 0 Å². The summed E-state index contributed by atoms with van der Waals surface area (Å²) in [5.74, 6) is -0.108. The summed E-state index contributed by atoms with van der Waals surface area (Å²) in [6, 6.07) is 5.99. The lowest BCUT2D eigenvalue weighted by Crippen LogP contribution is -2.40. The number of amides is 3. The second-order valence-corrected chi connectivity index (χ2v) is 10.3. The van der Waals surface area contributed by atoms with Crippen LogP contribution in [0.4, 0.5) is 10.8 Å². The first kappa shape index (κ1) is 21.1. The smallest absolute Gasteiger partial charge is 0.229 e. The van der Waals surface area contributed by atoms with Crippen LogP contribution in [0.2, 0.25) is 0 Å². The molecule has 3 heterocycles. The quantitative estimate of drug-likeness (QED) is 0.770. The number of nitrogens with zero attached hydrogens (tertiary/aromatic N) is 3.